The molecule has 0 bridgehead atoms. The van der Waals surface area contributed by atoms with E-state index in [0.29, 0.717) is 30.1 Å². The monoisotopic (exact) mass is 436 g/mol. The van der Waals surface area contributed by atoms with Gasteiger partial charge in [0.25, 0.3) is 5.91 Å². The van der Waals surface area contributed by atoms with Gasteiger partial charge in [0.15, 0.2) is 14.6 Å². The zero-order chi connectivity index (χ0) is 21.0. The molecule has 0 spiro atoms. The summed E-state index contributed by atoms with van der Waals surface area (Å²) in [6.45, 7) is 3.38. The minimum Gasteiger partial charge on any atom is -0.380 e. The molecule has 1 heterocycles. The molecule has 0 aliphatic rings. The number of carbonyl (C=O) groups is 1. The van der Waals surface area contributed by atoms with E-state index in [2.05, 4.69) is 4.99 Å². The van der Waals surface area contributed by atoms with Crippen molar-refractivity contribution in [3.8, 4) is 0 Å². The van der Waals surface area contributed by atoms with Gasteiger partial charge in [0.1, 0.15) is 5.82 Å². The summed E-state index contributed by atoms with van der Waals surface area (Å²) in [7, 11) is -3.34. The average Bonchev–Trinajstić information content (AvgIpc) is 2.99. The van der Waals surface area contributed by atoms with Crippen LogP contribution >= 0.6 is 11.3 Å². The average molecular weight is 437 g/mol. The second-order valence-electron chi connectivity index (χ2n) is 6.44. The topological polar surface area (TPSA) is 77.7 Å². The molecule has 0 saturated heterocycles. The van der Waals surface area contributed by atoms with E-state index in [4.69, 9.17) is 4.74 Å². The highest BCUT2D eigenvalue weighted by molar-refractivity contribution is 7.90. The lowest BCUT2D eigenvalue weighted by atomic mass is 10.1. The van der Waals surface area contributed by atoms with Crippen LogP contribution in [0.2, 0.25) is 0 Å². The highest BCUT2D eigenvalue weighted by Crippen LogP contribution is 2.22. The Morgan fingerprint density at radius 3 is 2.59 bits per heavy atom. The number of nitrogens with zero attached hydrogens (tertiary/aromatic N) is 2. The normalized spacial score (nSPS) is 12.6. The third kappa shape index (κ3) is 5.37. The number of fused-ring (bicyclic) bond motifs is 1. The van der Waals surface area contributed by atoms with Crippen LogP contribution in [0.25, 0.3) is 10.2 Å². The standard InChI is InChI=1S/C20H21FN2O4S2/c1-3-27-11-10-23-17-9-8-16(29(2,25)26)13-18(17)28-20(23)22-19(24)12-14-4-6-15(21)7-5-14/h4-9,13H,3,10-12H2,1-2H3. The van der Waals surface area contributed by atoms with Crippen molar-refractivity contribution in [3.63, 3.8) is 0 Å². The van der Waals surface area contributed by atoms with Gasteiger partial charge in [-0.3, -0.25) is 4.79 Å². The number of rotatable bonds is 7. The highest BCUT2D eigenvalue weighted by Gasteiger charge is 2.13. The van der Waals surface area contributed by atoms with Crippen molar-refractivity contribution in [2.45, 2.75) is 24.8 Å². The first-order valence-corrected chi connectivity index (χ1v) is 11.7. The maximum atomic E-state index is 13.0. The van der Waals surface area contributed by atoms with Crippen LogP contribution in [0.15, 0.2) is 52.4 Å². The Labute approximate surface area is 172 Å². The number of hydrogen-bond acceptors (Lipinski definition) is 5. The number of carbonyl (C=O) groups excluding carboxylic acids is 1. The van der Waals surface area contributed by atoms with Gasteiger partial charge in [0, 0.05) is 19.4 Å². The van der Waals surface area contributed by atoms with Crippen LogP contribution in [-0.4, -0.2) is 38.4 Å². The lowest BCUT2D eigenvalue weighted by molar-refractivity contribution is -0.117. The number of thiazole rings is 1. The summed E-state index contributed by atoms with van der Waals surface area (Å²) < 4.78 is 44.8. The number of benzene rings is 2. The Balaban J connectivity index is 2.01. The van der Waals surface area contributed by atoms with E-state index in [-0.39, 0.29) is 23.0 Å². The van der Waals surface area contributed by atoms with Crippen molar-refractivity contribution >= 4 is 37.3 Å². The first-order valence-electron chi connectivity index (χ1n) is 9.01. The van der Waals surface area contributed by atoms with Gasteiger partial charge >= 0.3 is 0 Å². The summed E-state index contributed by atoms with van der Waals surface area (Å²) in [5.74, 6) is -0.727. The number of sulfone groups is 1. The molecule has 6 nitrogen and oxygen atoms in total. The summed E-state index contributed by atoms with van der Waals surface area (Å²) in [5, 5.41) is 0. The second kappa shape index (κ2) is 8.98. The molecular weight excluding hydrogens is 415 g/mol. The molecule has 0 aliphatic carbocycles. The largest absolute Gasteiger partial charge is 0.380 e. The van der Waals surface area contributed by atoms with Crippen LogP contribution < -0.4 is 4.80 Å². The number of amides is 1. The van der Waals surface area contributed by atoms with Crippen molar-refractivity contribution in [1.82, 2.24) is 4.57 Å². The Morgan fingerprint density at radius 2 is 1.93 bits per heavy atom. The molecule has 0 N–H and O–H groups in total. The molecule has 3 rings (SSSR count). The maximum Gasteiger partial charge on any atom is 0.252 e. The van der Waals surface area contributed by atoms with Crippen LogP contribution in [0.4, 0.5) is 4.39 Å². The van der Waals surface area contributed by atoms with Crippen LogP contribution in [0, 0.1) is 5.82 Å². The van der Waals surface area contributed by atoms with Gasteiger partial charge in [-0.2, -0.15) is 4.99 Å². The van der Waals surface area contributed by atoms with Gasteiger partial charge in [-0.1, -0.05) is 23.5 Å². The molecule has 2 aromatic carbocycles. The SMILES string of the molecule is CCOCCn1c(=NC(=O)Cc2ccc(F)cc2)sc2cc(S(C)(=O)=O)ccc21. The molecule has 9 heteroatoms. The smallest absolute Gasteiger partial charge is 0.252 e. The Morgan fingerprint density at radius 1 is 1.21 bits per heavy atom. The molecule has 1 amide bonds. The van der Waals surface area contributed by atoms with Crippen molar-refractivity contribution in [1.29, 1.82) is 0 Å². The van der Waals surface area contributed by atoms with Crippen LogP contribution in [0.3, 0.4) is 0 Å². The molecule has 3 aromatic rings. The summed E-state index contributed by atoms with van der Waals surface area (Å²) in [5.41, 5.74) is 1.46. The Bertz CT molecular complexity index is 1200. The van der Waals surface area contributed by atoms with Gasteiger partial charge in [0.2, 0.25) is 0 Å². The summed E-state index contributed by atoms with van der Waals surface area (Å²) in [6.07, 6.45) is 1.21. The van der Waals surface area contributed by atoms with Crippen LogP contribution in [-0.2, 0) is 32.3 Å². The summed E-state index contributed by atoms with van der Waals surface area (Å²) in [6, 6.07) is 10.6. The molecule has 154 valence electrons. The molecule has 0 saturated carbocycles. The molecule has 0 radical (unpaired) electrons. The lowest BCUT2D eigenvalue weighted by Gasteiger charge is -2.06. The van der Waals surface area contributed by atoms with Crippen LogP contribution in [0.1, 0.15) is 12.5 Å². The quantitative estimate of drug-likeness (QED) is 0.534. The molecule has 0 aliphatic heterocycles. The van der Waals surface area contributed by atoms with Crippen molar-refractivity contribution in [2.24, 2.45) is 4.99 Å². The van der Waals surface area contributed by atoms with E-state index in [1.54, 1.807) is 30.3 Å². The minimum absolute atomic E-state index is 0.0502. The fraction of sp³-hybridized carbons (Fsp3) is 0.300. The second-order valence-corrected chi connectivity index (χ2v) is 9.47. The first kappa shape index (κ1) is 21.4. The first-order chi connectivity index (χ1) is 13.8. The fourth-order valence-corrected chi connectivity index (χ4v) is 4.64. The van der Waals surface area contributed by atoms with Gasteiger partial charge in [-0.15, -0.1) is 0 Å². The van der Waals surface area contributed by atoms with E-state index >= 15 is 0 Å². The van der Waals surface area contributed by atoms with Gasteiger partial charge in [-0.25, -0.2) is 12.8 Å². The zero-order valence-corrected chi connectivity index (χ0v) is 17.7. The van der Waals surface area contributed by atoms with E-state index in [9.17, 15) is 17.6 Å². The number of hydrogen-bond donors (Lipinski definition) is 0. The number of halogens is 1. The van der Waals surface area contributed by atoms with E-state index < -0.39 is 9.84 Å². The molecule has 0 fully saturated rings. The Hall–Kier alpha value is -2.36. The minimum atomic E-state index is -3.34. The molecular formula is C20H21FN2O4S2. The van der Waals surface area contributed by atoms with Gasteiger partial charge in [0.05, 0.1) is 28.1 Å². The zero-order valence-electron chi connectivity index (χ0n) is 16.1. The van der Waals surface area contributed by atoms with Gasteiger partial charge in [-0.05, 0) is 42.8 Å². The van der Waals surface area contributed by atoms with E-state index in [0.717, 1.165) is 16.5 Å². The third-order valence-electron chi connectivity index (χ3n) is 4.23. The van der Waals surface area contributed by atoms with Crippen molar-refractivity contribution in [3.05, 3.63) is 58.6 Å². The number of ether oxygens (including phenoxy) is 1. The fourth-order valence-electron chi connectivity index (χ4n) is 2.81. The summed E-state index contributed by atoms with van der Waals surface area (Å²) in [4.78, 5) is 17.4. The maximum absolute atomic E-state index is 13.0. The molecule has 29 heavy (non-hydrogen) atoms. The van der Waals surface area contributed by atoms with E-state index in [1.807, 2.05) is 11.5 Å². The third-order valence-corrected chi connectivity index (χ3v) is 6.39. The number of aromatic nitrogens is 1. The highest BCUT2D eigenvalue weighted by atomic mass is 32.2. The molecule has 1 aromatic heterocycles. The lowest BCUT2D eigenvalue weighted by Crippen LogP contribution is -2.20. The van der Waals surface area contributed by atoms with E-state index in [1.165, 1.54) is 23.5 Å². The van der Waals surface area contributed by atoms with Crippen molar-refractivity contribution in [2.75, 3.05) is 19.5 Å². The van der Waals surface area contributed by atoms with Crippen molar-refractivity contribution < 1.29 is 22.3 Å². The molecule has 0 unspecified atom stereocenters. The predicted molar refractivity (Wildman–Crippen MR) is 110 cm³/mol. The molecule has 0 atom stereocenters. The summed E-state index contributed by atoms with van der Waals surface area (Å²) >= 11 is 1.25. The Kier molecular flexibility index (Phi) is 6.61. The predicted octanol–water partition coefficient (Wildman–Crippen LogP) is 2.95. The van der Waals surface area contributed by atoms with Gasteiger partial charge < -0.3 is 9.30 Å². The van der Waals surface area contributed by atoms with Crippen LogP contribution in [0.5, 0.6) is 0 Å².